The van der Waals surface area contributed by atoms with E-state index in [4.69, 9.17) is 14.2 Å². The van der Waals surface area contributed by atoms with Gasteiger partial charge in [-0.3, -0.25) is 0 Å². The van der Waals surface area contributed by atoms with Crippen LogP contribution in [0.5, 0.6) is 17.2 Å². The number of benzene rings is 1. The van der Waals surface area contributed by atoms with Gasteiger partial charge in [-0.25, -0.2) is 4.98 Å². The van der Waals surface area contributed by atoms with Crippen molar-refractivity contribution in [1.82, 2.24) is 14.9 Å². The van der Waals surface area contributed by atoms with Crippen LogP contribution in [-0.2, 0) is 13.1 Å². The number of aryl methyl sites for hydroxylation is 1. The molecule has 0 aliphatic carbocycles. The quantitative estimate of drug-likeness (QED) is 0.912. The van der Waals surface area contributed by atoms with Crippen LogP contribution >= 0.6 is 0 Å². The van der Waals surface area contributed by atoms with Gasteiger partial charge in [0.05, 0.1) is 7.11 Å². The number of methoxy groups -OCH3 is 1. The summed E-state index contributed by atoms with van der Waals surface area (Å²) in [6.07, 6.45) is 6.38. The first-order valence-corrected chi connectivity index (χ1v) is 8.53. The molecule has 128 valence electrons. The molecule has 1 N–H and O–H groups in total. The molecule has 1 aromatic carbocycles. The maximum atomic E-state index is 5.69. The Kier molecular flexibility index (Phi) is 4.30. The molecule has 6 heteroatoms. The zero-order valence-corrected chi connectivity index (χ0v) is 14.0. The second-order valence-corrected chi connectivity index (χ2v) is 6.27. The van der Waals surface area contributed by atoms with E-state index >= 15 is 0 Å². The number of rotatable bonds is 5. The molecule has 2 aromatic rings. The van der Waals surface area contributed by atoms with E-state index in [0.29, 0.717) is 24.9 Å². The molecule has 24 heavy (non-hydrogen) atoms. The van der Waals surface area contributed by atoms with Gasteiger partial charge in [0.1, 0.15) is 19.0 Å². The maximum absolute atomic E-state index is 5.69. The number of nitrogens with zero attached hydrogens (tertiary/aromatic N) is 2. The average molecular weight is 329 g/mol. The molecule has 0 saturated carbocycles. The Hall–Kier alpha value is -2.21. The van der Waals surface area contributed by atoms with E-state index in [9.17, 15) is 0 Å². The van der Waals surface area contributed by atoms with E-state index in [0.717, 1.165) is 36.7 Å². The van der Waals surface area contributed by atoms with Crippen LogP contribution in [0.3, 0.4) is 0 Å². The Morgan fingerprint density at radius 2 is 2.25 bits per heavy atom. The predicted molar refractivity (Wildman–Crippen MR) is 89.9 cm³/mol. The van der Waals surface area contributed by atoms with Crippen molar-refractivity contribution < 1.29 is 14.2 Å². The molecular weight excluding hydrogens is 306 g/mol. The lowest BCUT2D eigenvalue weighted by Gasteiger charge is -2.24. The van der Waals surface area contributed by atoms with E-state index in [2.05, 4.69) is 21.1 Å². The van der Waals surface area contributed by atoms with Crippen LogP contribution in [0.1, 0.15) is 30.1 Å². The van der Waals surface area contributed by atoms with E-state index in [-0.39, 0.29) is 0 Å². The second-order valence-electron chi connectivity index (χ2n) is 6.27. The molecule has 0 spiro atoms. The molecule has 0 bridgehead atoms. The molecule has 1 atom stereocenters. The summed E-state index contributed by atoms with van der Waals surface area (Å²) in [4.78, 5) is 4.52. The first kappa shape index (κ1) is 15.3. The van der Waals surface area contributed by atoms with Crippen molar-refractivity contribution in [1.29, 1.82) is 0 Å². The summed E-state index contributed by atoms with van der Waals surface area (Å²) in [6.45, 7) is 3.93. The van der Waals surface area contributed by atoms with Gasteiger partial charge in [-0.05, 0) is 30.5 Å². The molecule has 0 radical (unpaired) electrons. The Morgan fingerprint density at radius 3 is 3.17 bits per heavy atom. The van der Waals surface area contributed by atoms with Crippen molar-refractivity contribution in [2.45, 2.75) is 31.8 Å². The molecule has 0 amide bonds. The molecule has 6 nitrogen and oxygen atoms in total. The summed E-state index contributed by atoms with van der Waals surface area (Å²) < 4.78 is 19.0. The molecule has 0 unspecified atom stereocenters. The van der Waals surface area contributed by atoms with Crippen LogP contribution in [0.4, 0.5) is 0 Å². The highest BCUT2D eigenvalue weighted by molar-refractivity contribution is 5.54. The summed E-state index contributed by atoms with van der Waals surface area (Å²) in [6, 6.07) is 4.05. The summed E-state index contributed by atoms with van der Waals surface area (Å²) in [7, 11) is 1.66. The van der Waals surface area contributed by atoms with Crippen molar-refractivity contribution in [2.24, 2.45) is 0 Å². The molecular formula is C18H23N3O3. The summed E-state index contributed by atoms with van der Waals surface area (Å²) in [5.41, 5.74) is 1.13. The van der Waals surface area contributed by atoms with Crippen LogP contribution in [0.2, 0.25) is 0 Å². The van der Waals surface area contributed by atoms with E-state index < -0.39 is 0 Å². The molecule has 3 heterocycles. The lowest BCUT2D eigenvalue weighted by Crippen LogP contribution is -2.26. The zero-order valence-electron chi connectivity index (χ0n) is 14.0. The fourth-order valence-corrected chi connectivity index (χ4v) is 3.52. The standard InChI is InChI=1S/C18H23N3O3/c1-22-15-9-13(10-16-17(15)24-8-7-23-16)11-19-12-14-3-2-5-21-6-4-20-18(14)21/h4,6,9-10,14,19H,2-3,5,7-8,11-12H2,1H3/t14-/m0/s1. The van der Waals surface area contributed by atoms with Gasteiger partial charge in [0, 0.05) is 37.9 Å². The number of nitrogens with one attached hydrogen (secondary N) is 1. The average Bonchev–Trinajstić information content (AvgIpc) is 3.10. The number of imidazole rings is 1. The molecule has 4 rings (SSSR count). The Balaban J connectivity index is 1.42. The Morgan fingerprint density at radius 1 is 1.33 bits per heavy atom. The highest BCUT2D eigenvalue weighted by atomic mass is 16.6. The van der Waals surface area contributed by atoms with Crippen molar-refractivity contribution in [2.75, 3.05) is 26.9 Å². The largest absolute Gasteiger partial charge is 0.493 e. The Labute approximate surface area is 141 Å². The first-order valence-electron chi connectivity index (χ1n) is 8.53. The van der Waals surface area contributed by atoms with Crippen molar-refractivity contribution in [3.63, 3.8) is 0 Å². The van der Waals surface area contributed by atoms with Crippen molar-refractivity contribution in [3.05, 3.63) is 35.9 Å². The monoisotopic (exact) mass is 329 g/mol. The number of fused-ring (bicyclic) bond motifs is 2. The highest BCUT2D eigenvalue weighted by Crippen LogP contribution is 2.40. The van der Waals surface area contributed by atoms with Gasteiger partial charge in [-0.15, -0.1) is 0 Å². The Bertz CT molecular complexity index is 696. The first-order chi connectivity index (χ1) is 11.8. The third-order valence-corrected chi connectivity index (χ3v) is 4.67. The number of hydrogen-bond donors (Lipinski definition) is 1. The van der Waals surface area contributed by atoms with Crippen molar-refractivity contribution in [3.8, 4) is 17.2 Å². The lowest BCUT2D eigenvalue weighted by molar-refractivity contribution is 0.165. The minimum atomic E-state index is 0.479. The summed E-state index contributed by atoms with van der Waals surface area (Å²) in [5, 5.41) is 3.55. The van der Waals surface area contributed by atoms with Crippen LogP contribution in [0, 0.1) is 0 Å². The smallest absolute Gasteiger partial charge is 0.203 e. The minimum Gasteiger partial charge on any atom is -0.493 e. The molecule has 1 aromatic heterocycles. The minimum absolute atomic E-state index is 0.479. The fourth-order valence-electron chi connectivity index (χ4n) is 3.52. The normalized spacial score (nSPS) is 19.0. The highest BCUT2D eigenvalue weighted by Gasteiger charge is 2.21. The molecule has 0 fully saturated rings. The van der Waals surface area contributed by atoms with Gasteiger partial charge in [0.2, 0.25) is 5.75 Å². The molecule has 2 aliphatic heterocycles. The van der Waals surface area contributed by atoms with Gasteiger partial charge in [0.15, 0.2) is 11.5 Å². The molecule has 2 aliphatic rings. The van der Waals surface area contributed by atoms with Gasteiger partial charge in [-0.2, -0.15) is 0 Å². The second kappa shape index (κ2) is 6.73. The number of ether oxygens (including phenoxy) is 3. The zero-order chi connectivity index (χ0) is 16.4. The van der Waals surface area contributed by atoms with Crippen molar-refractivity contribution >= 4 is 0 Å². The third-order valence-electron chi connectivity index (χ3n) is 4.67. The topological polar surface area (TPSA) is 57.5 Å². The van der Waals surface area contributed by atoms with Gasteiger partial charge < -0.3 is 24.1 Å². The van der Waals surface area contributed by atoms with Crippen LogP contribution in [0.25, 0.3) is 0 Å². The SMILES string of the molecule is COc1cc(CNC[C@@H]2CCCn3ccnc32)cc2c1OCCO2. The van der Waals surface area contributed by atoms with Crippen LogP contribution in [0.15, 0.2) is 24.5 Å². The third kappa shape index (κ3) is 2.94. The van der Waals surface area contributed by atoms with E-state index in [1.807, 2.05) is 18.3 Å². The summed E-state index contributed by atoms with van der Waals surface area (Å²) in [5.74, 6) is 3.89. The van der Waals surface area contributed by atoms with E-state index in [1.54, 1.807) is 7.11 Å². The van der Waals surface area contributed by atoms with E-state index in [1.165, 1.54) is 18.7 Å². The number of hydrogen-bond acceptors (Lipinski definition) is 5. The predicted octanol–water partition coefficient (Wildman–Crippen LogP) is 2.33. The number of aromatic nitrogens is 2. The summed E-state index contributed by atoms with van der Waals surface area (Å²) >= 11 is 0. The lowest BCUT2D eigenvalue weighted by atomic mass is 9.99. The maximum Gasteiger partial charge on any atom is 0.203 e. The fraction of sp³-hybridized carbons (Fsp3) is 0.500. The van der Waals surface area contributed by atoms with Gasteiger partial charge >= 0.3 is 0 Å². The van der Waals surface area contributed by atoms with Gasteiger partial charge in [0.25, 0.3) is 0 Å². The van der Waals surface area contributed by atoms with Crippen LogP contribution in [-0.4, -0.2) is 36.4 Å². The molecule has 0 saturated heterocycles. The van der Waals surface area contributed by atoms with Gasteiger partial charge in [-0.1, -0.05) is 0 Å². The van der Waals surface area contributed by atoms with Crippen LogP contribution < -0.4 is 19.5 Å².